The summed E-state index contributed by atoms with van der Waals surface area (Å²) >= 11 is 25.3. The molecule has 0 bridgehead atoms. The van der Waals surface area contributed by atoms with Crippen LogP contribution in [0.2, 0.25) is 20.1 Å². The normalized spacial score (nSPS) is 20.1. The molecule has 2 heterocycles. The Kier molecular flexibility index (Phi) is 8.62. The van der Waals surface area contributed by atoms with Crippen molar-refractivity contribution in [3.63, 3.8) is 0 Å². The van der Waals surface area contributed by atoms with Crippen LogP contribution in [-0.2, 0) is 16.0 Å². The number of aromatic nitrogens is 2. The lowest BCUT2D eigenvalue weighted by Crippen LogP contribution is -2.50. The van der Waals surface area contributed by atoms with Crippen molar-refractivity contribution in [1.82, 2.24) is 14.5 Å². The molecule has 2 atom stereocenters. The summed E-state index contributed by atoms with van der Waals surface area (Å²) in [7, 11) is 3.14. The van der Waals surface area contributed by atoms with Crippen LogP contribution in [0.1, 0.15) is 42.5 Å². The molecular weight excluding hydrogens is 548 g/mol. The minimum atomic E-state index is -1.03. The van der Waals surface area contributed by atoms with Crippen molar-refractivity contribution in [3.8, 4) is 11.5 Å². The van der Waals surface area contributed by atoms with E-state index >= 15 is 0 Å². The summed E-state index contributed by atoms with van der Waals surface area (Å²) in [6, 6.07) is 5.51. The summed E-state index contributed by atoms with van der Waals surface area (Å²) in [5, 5.41) is 23.0. The Labute approximate surface area is 230 Å². The third-order valence-electron chi connectivity index (χ3n) is 6.78. The van der Waals surface area contributed by atoms with E-state index in [1.54, 1.807) is 38.9 Å². The lowest BCUT2D eigenvalue weighted by Gasteiger charge is -2.50. The van der Waals surface area contributed by atoms with Crippen LogP contribution in [0.25, 0.3) is 0 Å². The van der Waals surface area contributed by atoms with E-state index in [4.69, 9.17) is 55.9 Å². The average molecular weight is 575 g/mol. The molecule has 0 amide bonds. The highest BCUT2D eigenvalue weighted by molar-refractivity contribution is 6.36. The Hall–Kier alpha value is -1.71. The van der Waals surface area contributed by atoms with Crippen LogP contribution in [0.4, 0.5) is 0 Å². The van der Waals surface area contributed by atoms with Gasteiger partial charge in [-0.15, -0.1) is 0 Å². The third-order valence-corrected chi connectivity index (χ3v) is 7.79. The molecule has 194 valence electrons. The van der Waals surface area contributed by atoms with E-state index in [1.165, 1.54) is 12.1 Å². The summed E-state index contributed by atoms with van der Waals surface area (Å²) < 4.78 is 13.8. The van der Waals surface area contributed by atoms with Crippen molar-refractivity contribution in [3.05, 3.63) is 74.2 Å². The second-order valence-corrected chi connectivity index (χ2v) is 10.5. The molecule has 2 unspecified atom stereocenters. The molecule has 1 aliphatic heterocycles. The molecule has 0 spiro atoms. The van der Waals surface area contributed by atoms with Gasteiger partial charge in [-0.1, -0.05) is 46.4 Å². The molecular formula is C25H27Cl4N3O4. The fourth-order valence-electron chi connectivity index (χ4n) is 4.96. The van der Waals surface area contributed by atoms with Gasteiger partial charge in [0.25, 0.3) is 0 Å². The predicted molar refractivity (Wildman–Crippen MR) is 141 cm³/mol. The Morgan fingerprint density at radius 1 is 0.889 bits per heavy atom. The first-order valence-corrected chi connectivity index (χ1v) is 12.9. The van der Waals surface area contributed by atoms with E-state index in [0.29, 0.717) is 40.6 Å². The molecule has 11 heteroatoms. The summed E-state index contributed by atoms with van der Waals surface area (Å²) in [6.07, 6.45) is 6.90. The largest absolute Gasteiger partial charge is 0.506 e. The van der Waals surface area contributed by atoms with Gasteiger partial charge in [-0.25, -0.2) is 4.98 Å². The molecule has 1 aliphatic rings. The maximum atomic E-state index is 11.0. The van der Waals surface area contributed by atoms with Gasteiger partial charge in [-0.05, 0) is 30.7 Å². The maximum absolute atomic E-state index is 11.0. The van der Waals surface area contributed by atoms with Crippen LogP contribution in [0.15, 0.2) is 43.0 Å². The van der Waals surface area contributed by atoms with Crippen LogP contribution < -0.4 is 0 Å². The first-order valence-electron chi connectivity index (χ1n) is 11.4. The zero-order valence-electron chi connectivity index (χ0n) is 19.8. The Bertz CT molecular complexity index is 1140. The number of phenols is 2. The number of imidazole rings is 1. The van der Waals surface area contributed by atoms with Gasteiger partial charge in [0, 0.05) is 85.8 Å². The van der Waals surface area contributed by atoms with Gasteiger partial charge in [0.05, 0.1) is 16.4 Å². The topological polar surface area (TPSA) is 80.0 Å². The Morgan fingerprint density at radius 3 is 1.86 bits per heavy atom. The lowest BCUT2D eigenvalue weighted by molar-refractivity contribution is -0.250. The molecule has 2 aromatic carbocycles. The number of aryl methyl sites for hydroxylation is 1. The zero-order valence-corrected chi connectivity index (χ0v) is 22.8. The van der Waals surface area contributed by atoms with Gasteiger partial charge in [0.15, 0.2) is 5.79 Å². The van der Waals surface area contributed by atoms with Gasteiger partial charge in [0.2, 0.25) is 0 Å². The molecule has 3 aromatic rings. The highest BCUT2D eigenvalue weighted by Crippen LogP contribution is 2.52. The highest BCUT2D eigenvalue weighted by Gasteiger charge is 2.48. The summed E-state index contributed by atoms with van der Waals surface area (Å²) in [4.78, 5) is 6.28. The third kappa shape index (κ3) is 5.58. The van der Waals surface area contributed by atoms with Crippen LogP contribution in [0.3, 0.4) is 0 Å². The van der Waals surface area contributed by atoms with Crippen LogP contribution in [-0.4, -0.2) is 51.2 Å². The van der Waals surface area contributed by atoms with Crippen LogP contribution in [0, 0.1) is 0 Å². The van der Waals surface area contributed by atoms with Crippen molar-refractivity contribution >= 4 is 46.4 Å². The predicted octanol–water partition coefficient (Wildman–Crippen LogP) is 6.87. The van der Waals surface area contributed by atoms with Crippen LogP contribution in [0.5, 0.6) is 11.5 Å². The van der Waals surface area contributed by atoms with Crippen molar-refractivity contribution in [2.75, 3.05) is 20.8 Å². The SMILES string of the molecule is COC1(OC)CC(c2cc(Cl)cc(Cl)c2O)N(CCCn2ccnc2)C(c2cc(Cl)cc(Cl)c2O)C1. The lowest BCUT2D eigenvalue weighted by atomic mass is 9.82. The molecule has 1 saturated heterocycles. The summed E-state index contributed by atoms with van der Waals surface area (Å²) in [6.45, 7) is 1.31. The number of benzene rings is 2. The van der Waals surface area contributed by atoms with Crippen molar-refractivity contribution in [2.45, 2.75) is 43.7 Å². The number of hydrogen-bond donors (Lipinski definition) is 2. The van der Waals surface area contributed by atoms with E-state index in [9.17, 15) is 10.2 Å². The van der Waals surface area contributed by atoms with Crippen molar-refractivity contribution in [2.24, 2.45) is 0 Å². The van der Waals surface area contributed by atoms with Gasteiger partial charge in [-0.3, -0.25) is 4.90 Å². The molecule has 36 heavy (non-hydrogen) atoms. The molecule has 7 nitrogen and oxygen atoms in total. The van der Waals surface area contributed by atoms with Gasteiger partial charge in [0.1, 0.15) is 11.5 Å². The second-order valence-electron chi connectivity index (χ2n) is 8.80. The van der Waals surface area contributed by atoms with Crippen molar-refractivity contribution < 1.29 is 19.7 Å². The molecule has 1 fully saturated rings. The standard InChI is InChI=1S/C25H27Cl4N3O4/c1-35-25(36-2)12-21(17-8-15(26)10-19(28)23(17)33)32(6-3-5-31-7-4-30-14-31)22(13-25)18-9-16(27)11-20(29)24(18)34/h4,7-11,14,21-22,33-34H,3,5-6,12-13H2,1-2H3. The Morgan fingerprint density at radius 2 is 1.42 bits per heavy atom. The average Bonchev–Trinajstić information content (AvgIpc) is 3.37. The number of aromatic hydroxyl groups is 2. The minimum absolute atomic E-state index is 0.0687. The van der Waals surface area contributed by atoms with E-state index in [1.807, 2.05) is 10.8 Å². The molecule has 4 rings (SSSR count). The molecule has 2 N–H and O–H groups in total. The summed E-state index contributed by atoms with van der Waals surface area (Å²) in [5.74, 6) is -1.17. The maximum Gasteiger partial charge on any atom is 0.171 e. The number of hydrogen-bond acceptors (Lipinski definition) is 6. The molecule has 1 aromatic heterocycles. The second kappa shape index (κ2) is 11.4. The minimum Gasteiger partial charge on any atom is -0.506 e. The zero-order chi connectivity index (χ0) is 26.0. The smallest absolute Gasteiger partial charge is 0.171 e. The highest BCUT2D eigenvalue weighted by atomic mass is 35.5. The number of halogens is 4. The number of ether oxygens (including phenoxy) is 2. The molecule has 0 aliphatic carbocycles. The fourth-order valence-corrected chi connectivity index (χ4v) is 5.98. The number of likely N-dealkylation sites (tertiary alicyclic amines) is 1. The molecule has 0 saturated carbocycles. The van der Waals surface area contributed by atoms with E-state index in [2.05, 4.69) is 9.88 Å². The van der Waals surface area contributed by atoms with Crippen molar-refractivity contribution in [1.29, 1.82) is 0 Å². The van der Waals surface area contributed by atoms with E-state index in [-0.39, 0.29) is 21.5 Å². The van der Waals surface area contributed by atoms with E-state index < -0.39 is 17.9 Å². The summed E-state index contributed by atoms with van der Waals surface area (Å²) in [5.41, 5.74) is 1.07. The first kappa shape index (κ1) is 27.3. The number of nitrogens with zero attached hydrogens (tertiary/aromatic N) is 3. The Balaban J connectivity index is 1.84. The van der Waals surface area contributed by atoms with Crippen LogP contribution >= 0.6 is 46.4 Å². The first-order chi connectivity index (χ1) is 17.2. The number of phenolic OH excluding ortho intramolecular Hbond substituents is 2. The number of piperidine rings is 1. The monoisotopic (exact) mass is 573 g/mol. The van der Waals surface area contributed by atoms with Gasteiger partial charge < -0.3 is 24.3 Å². The van der Waals surface area contributed by atoms with Gasteiger partial charge in [-0.2, -0.15) is 0 Å². The van der Waals surface area contributed by atoms with E-state index in [0.717, 1.165) is 13.0 Å². The quantitative estimate of drug-likeness (QED) is 0.286. The number of rotatable bonds is 8. The number of methoxy groups -OCH3 is 2. The molecule has 0 radical (unpaired) electrons. The fraction of sp³-hybridized carbons (Fsp3) is 0.400. The van der Waals surface area contributed by atoms with Gasteiger partial charge >= 0.3 is 0 Å².